The summed E-state index contributed by atoms with van der Waals surface area (Å²) in [4.78, 5) is 13.0. The van der Waals surface area contributed by atoms with Gasteiger partial charge in [-0.1, -0.05) is 13.8 Å². The van der Waals surface area contributed by atoms with E-state index in [-0.39, 0.29) is 0 Å². The first-order valence-corrected chi connectivity index (χ1v) is 5.23. The van der Waals surface area contributed by atoms with Crippen LogP contribution in [0.1, 0.15) is 25.6 Å². The fourth-order valence-electron chi connectivity index (χ4n) is 1.47. The summed E-state index contributed by atoms with van der Waals surface area (Å²) in [7, 11) is 1.97. The molecule has 2 aromatic heterocycles. The van der Waals surface area contributed by atoms with Crippen molar-refractivity contribution in [2.24, 2.45) is 7.05 Å². The number of hydrogen-bond donors (Lipinski definition) is 0. The third kappa shape index (κ3) is 1.41. The van der Waals surface area contributed by atoms with Crippen molar-refractivity contribution in [1.82, 2.24) is 19.5 Å². The minimum Gasteiger partial charge on any atom is -0.314 e. The summed E-state index contributed by atoms with van der Waals surface area (Å²) >= 11 is 3.28. The van der Waals surface area contributed by atoms with Crippen LogP contribution in [0.15, 0.2) is 10.8 Å². The Morgan fingerprint density at radius 2 is 2.07 bits per heavy atom. The van der Waals surface area contributed by atoms with E-state index in [1.54, 1.807) is 6.20 Å². The van der Waals surface area contributed by atoms with Gasteiger partial charge in [-0.25, -0.2) is 15.0 Å². The van der Waals surface area contributed by atoms with Gasteiger partial charge in [0.15, 0.2) is 11.3 Å². The summed E-state index contributed by atoms with van der Waals surface area (Å²) in [6, 6.07) is 0. The molecule has 2 aromatic rings. The maximum Gasteiger partial charge on any atom is 0.198 e. The molecule has 0 saturated heterocycles. The highest BCUT2D eigenvalue weighted by Gasteiger charge is 2.12. The SMILES string of the molecule is CC(C)c1nc2nc(Br)cnc2n1C. The molecule has 0 aromatic carbocycles. The highest BCUT2D eigenvalue weighted by atomic mass is 79.9. The van der Waals surface area contributed by atoms with E-state index in [1.807, 2.05) is 11.6 Å². The van der Waals surface area contributed by atoms with Crippen LogP contribution in [0.2, 0.25) is 0 Å². The molecular weight excluding hydrogens is 244 g/mol. The maximum absolute atomic E-state index is 4.43. The molecule has 0 aliphatic rings. The topological polar surface area (TPSA) is 43.6 Å². The third-order valence-corrected chi connectivity index (χ3v) is 2.49. The van der Waals surface area contributed by atoms with Crippen molar-refractivity contribution in [3.05, 3.63) is 16.6 Å². The molecule has 14 heavy (non-hydrogen) atoms. The lowest BCUT2D eigenvalue weighted by molar-refractivity contribution is 0.719. The number of rotatable bonds is 1. The second-order valence-corrected chi connectivity index (χ2v) is 4.34. The molecular formula is C9H11BrN4. The summed E-state index contributed by atoms with van der Waals surface area (Å²) in [6.07, 6.45) is 1.69. The average Bonchev–Trinajstić information content (AvgIpc) is 2.43. The molecule has 0 aliphatic heterocycles. The lowest BCUT2D eigenvalue weighted by atomic mass is 10.2. The second-order valence-electron chi connectivity index (χ2n) is 3.52. The van der Waals surface area contributed by atoms with Crippen molar-refractivity contribution in [3.63, 3.8) is 0 Å². The van der Waals surface area contributed by atoms with Gasteiger partial charge in [-0.2, -0.15) is 0 Å². The van der Waals surface area contributed by atoms with Crippen LogP contribution < -0.4 is 0 Å². The Morgan fingerprint density at radius 1 is 1.36 bits per heavy atom. The van der Waals surface area contributed by atoms with E-state index in [1.165, 1.54) is 0 Å². The molecule has 0 N–H and O–H groups in total. The van der Waals surface area contributed by atoms with Crippen molar-refractivity contribution in [1.29, 1.82) is 0 Å². The minimum atomic E-state index is 0.384. The Hall–Kier alpha value is -0.970. The molecule has 0 radical (unpaired) electrons. The first kappa shape index (κ1) is 9.58. The zero-order valence-electron chi connectivity index (χ0n) is 8.32. The van der Waals surface area contributed by atoms with E-state index in [0.717, 1.165) is 16.1 Å². The smallest absolute Gasteiger partial charge is 0.198 e. The normalized spacial score (nSPS) is 11.5. The van der Waals surface area contributed by atoms with Crippen molar-refractivity contribution in [3.8, 4) is 0 Å². The van der Waals surface area contributed by atoms with Crippen molar-refractivity contribution >= 4 is 27.2 Å². The molecule has 0 aliphatic carbocycles. The Morgan fingerprint density at radius 3 is 2.71 bits per heavy atom. The van der Waals surface area contributed by atoms with Gasteiger partial charge in [0.25, 0.3) is 0 Å². The van der Waals surface area contributed by atoms with Crippen LogP contribution in [0.25, 0.3) is 11.3 Å². The predicted octanol–water partition coefficient (Wildman–Crippen LogP) is 2.25. The van der Waals surface area contributed by atoms with Gasteiger partial charge in [0.2, 0.25) is 0 Å². The summed E-state index contributed by atoms with van der Waals surface area (Å²) in [5.74, 6) is 1.40. The quantitative estimate of drug-likeness (QED) is 0.784. The first-order valence-electron chi connectivity index (χ1n) is 4.44. The summed E-state index contributed by atoms with van der Waals surface area (Å²) in [5, 5.41) is 0. The monoisotopic (exact) mass is 254 g/mol. The van der Waals surface area contributed by atoms with Gasteiger partial charge in [-0.3, -0.25) is 0 Å². The van der Waals surface area contributed by atoms with Gasteiger partial charge in [0, 0.05) is 13.0 Å². The second kappa shape index (κ2) is 3.31. The van der Waals surface area contributed by atoms with Crippen molar-refractivity contribution < 1.29 is 0 Å². The average molecular weight is 255 g/mol. The summed E-state index contributed by atoms with van der Waals surface area (Å²) in [6.45, 7) is 4.21. The number of aryl methyl sites for hydroxylation is 1. The molecule has 0 saturated carbocycles. The molecule has 5 heteroatoms. The molecule has 0 unspecified atom stereocenters. The fraction of sp³-hybridized carbons (Fsp3) is 0.444. The van der Waals surface area contributed by atoms with Crippen LogP contribution in [-0.4, -0.2) is 19.5 Å². The van der Waals surface area contributed by atoms with Gasteiger partial charge < -0.3 is 4.57 Å². The van der Waals surface area contributed by atoms with Gasteiger partial charge in [0.1, 0.15) is 10.4 Å². The Balaban J connectivity index is 2.73. The first-order chi connectivity index (χ1) is 6.59. The molecule has 0 amide bonds. The fourth-order valence-corrected chi connectivity index (χ4v) is 1.74. The molecule has 0 bridgehead atoms. The molecule has 2 heterocycles. The van der Waals surface area contributed by atoms with Gasteiger partial charge in [-0.15, -0.1) is 0 Å². The highest BCUT2D eigenvalue weighted by molar-refractivity contribution is 9.10. The third-order valence-electron chi connectivity index (χ3n) is 2.10. The number of halogens is 1. The van der Waals surface area contributed by atoms with Gasteiger partial charge in [-0.05, 0) is 15.9 Å². The minimum absolute atomic E-state index is 0.384. The lowest BCUT2D eigenvalue weighted by Crippen LogP contribution is -1.99. The van der Waals surface area contributed by atoms with E-state index in [2.05, 4.69) is 44.7 Å². The molecule has 2 rings (SSSR count). The van der Waals surface area contributed by atoms with Gasteiger partial charge >= 0.3 is 0 Å². The van der Waals surface area contributed by atoms with Gasteiger partial charge in [0.05, 0.1) is 6.20 Å². The molecule has 4 nitrogen and oxygen atoms in total. The van der Waals surface area contributed by atoms with Crippen LogP contribution >= 0.6 is 15.9 Å². The van der Waals surface area contributed by atoms with Crippen LogP contribution in [0.3, 0.4) is 0 Å². The number of hydrogen-bond acceptors (Lipinski definition) is 3. The van der Waals surface area contributed by atoms with E-state index >= 15 is 0 Å². The zero-order valence-corrected chi connectivity index (χ0v) is 9.91. The van der Waals surface area contributed by atoms with E-state index in [9.17, 15) is 0 Å². The standard InChI is InChI=1S/C9H11BrN4/c1-5(2)8-13-7-9(14(8)3)11-4-6(10)12-7/h4-5H,1-3H3. The maximum atomic E-state index is 4.43. The molecule has 0 atom stereocenters. The van der Waals surface area contributed by atoms with E-state index < -0.39 is 0 Å². The molecule has 74 valence electrons. The summed E-state index contributed by atoms with van der Waals surface area (Å²) < 4.78 is 2.71. The Labute approximate surface area is 90.5 Å². The largest absolute Gasteiger partial charge is 0.314 e. The highest BCUT2D eigenvalue weighted by Crippen LogP contribution is 2.18. The van der Waals surface area contributed by atoms with Crippen molar-refractivity contribution in [2.45, 2.75) is 19.8 Å². The number of imidazole rings is 1. The van der Waals surface area contributed by atoms with Crippen LogP contribution in [-0.2, 0) is 7.05 Å². The van der Waals surface area contributed by atoms with Crippen LogP contribution in [0, 0.1) is 0 Å². The van der Waals surface area contributed by atoms with Crippen LogP contribution in [0.5, 0.6) is 0 Å². The van der Waals surface area contributed by atoms with E-state index in [0.29, 0.717) is 11.6 Å². The van der Waals surface area contributed by atoms with E-state index in [4.69, 9.17) is 0 Å². The van der Waals surface area contributed by atoms with Crippen LogP contribution in [0.4, 0.5) is 0 Å². The number of fused-ring (bicyclic) bond motifs is 1. The lowest BCUT2D eigenvalue weighted by Gasteiger charge is -2.03. The molecule has 0 fully saturated rings. The number of nitrogens with zero attached hydrogens (tertiary/aromatic N) is 4. The predicted molar refractivity (Wildman–Crippen MR) is 58.1 cm³/mol. The summed E-state index contributed by atoms with van der Waals surface area (Å²) in [5.41, 5.74) is 1.53. The molecule has 0 spiro atoms. The zero-order chi connectivity index (χ0) is 10.3. The van der Waals surface area contributed by atoms with Crippen molar-refractivity contribution in [2.75, 3.05) is 0 Å². The number of aromatic nitrogens is 4. The Kier molecular flexibility index (Phi) is 2.26. The Bertz CT molecular complexity index is 475.